The van der Waals surface area contributed by atoms with Crippen LogP contribution in [-0.2, 0) is 6.42 Å². The van der Waals surface area contributed by atoms with E-state index < -0.39 is 0 Å². The number of benzene rings is 2. The van der Waals surface area contributed by atoms with Crippen molar-refractivity contribution >= 4 is 5.69 Å². The summed E-state index contributed by atoms with van der Waals surface area (Å²) < 4.78 is 5.66. The molecule has 0 saturated carbocycles. The van der Waals surface area contributed by atoms with Crippen LogP contribution < -0.4 is 10.1 Å². The lowest BCUT2D eigenvalue weighted by atomic mass is 9.91. The van der Waals surface area contributed by atoms with E-state index in [1.165, 1.54) is 27.9 Å². The van der Waals surface area contributed by atoms with Crippen LogP contribution in [0.4, 0.5) is 5.69 Å². The quantitative estimate of drug-likeness (QED) is 0.870. The minimum Gasteiger partial charge on any atom is -0.496 e. The van der Waals surface area contributed by atoms with Gasteiger partial charge in [-0.05, 0) is 49.4 Å². The molecule has 20 heavy (non-hydrogen) atoms. The number of aryl methyl sites for hydroxylation is 2. The third kappa shape index (κ3) is 2.15. The second-order valence-electron chi connectivity index (χ2n) is 5.52. The fourth-order valence-electron chi connectivity index (χ4n) is 3.03. The third-order valence-corrected chi connectivity index (χ3v) is 4.34. The van der Waals surface area contributed by atoms with Crippen LogP contribution in [0.25, 0.3) is 0 Å². The molecule has 1 N–H and O–H groups in total. The van der Waals surface area contributed by atoms with E-state index in [1.807, 2.05) is 0 Å². The van der Waals surface area contributed by atoms with Crippen molar-refractivity contribution in [2.75, 3.05) is 12.4 Å². The minimum absolute atomic E-state index is 0.333. The molecule has 0 amide bonds. The Morgan fingerprint density at radius 2 is 1.90 bits per heavy atom. The van der Waals surface area contributed by atoms with Crippen molar-refractivity contribution in [3.05, 3.63) is 58.7 Å². The van der Waals surface area contributed by atoms with Gasteiger partial charge in [0.1, 0.15) is 5.75 Å². The summed E-state index contributed by atoms with van der Waals surface area (Å²) in [6, 6.07) is 13.3. The first kappa shape index (κ1) is 13.0. The first-order valence-electron chi connectivity index (χ1n) is 7.19. The van der Waals surface area contributed by atoms with Crippen LogP contribution in [0.3, 0.4) is 0 Å². The first-order chi connectivity index (χ1) is 9.70. The minimum atomic E-state index is 0.333. The average Bonchev–Trinajstić information content (AvgIpc) is 2.49. The van der Waals surface area contributed by atoms with Gasteiger partial charge in [-0.15, -0.1) is 0 Å². The normalized spacial score (nSPS) is 17.2. The Labute approximate surface area is 120 Å². The highest BCUT2D eigenvalue weighted by Crippen LogP contribution is 2.38. The molecule has 1 aliphatic rings. The summed E-state index contributed by atoms with van der Waals surface area (Å²) in [6.45, 7) is 4.26. The molecule has 2 nitrogen and oxygen atoms in total. The molecule has 2 aromatic rings. The van der Waals surface area contributed by atoms with Gasteiger partial charge in [0, 0.05) is 11.3 Å². The van der Waals surface area contributed by atoms with Crippen molar-refractivity contribution in [3.63, 3.8) is 0 Å². The summed E-state index contributed by atoms with van der Waals surface area (Å²) in [5, 5.41) is 3.65. The van der Waals surface area contributed by atoms with E-state index in [-0.39, 0.29) is 0 Å². The van der Waals surface area contributed by atoms with Gasteiger partial charge in [-0.3, -0.25) is 0 Å². The Morgan fingerprint density at radius 3 is 2.70 bits per heavy atom. The second-order valence-corrected chi connectivity index (χ2v) is 5.52. The number of ether oxygens (including phenoxy) is 1. The van der Waals surface area contributed by atoms with E-state index in [2.05, 4.69) is 55.6 Å². The summed E-state index contributed by atoms with van der Waals surface area (Å²) >= 11 is 0. The zero-order valence-electron chi connectivity index (χ0n) is 12.4. The average molecular weight is 267 g/mol. The standard InChI is InChI=1S/C18H21NO/c1-12-8-10-15(18(20-3)13(12)2)17-11-9-14-6-4-5-7-16(14)19-17/h4-8,10,17,19H,9,11H2,1-3H3. The van der Waals surface area contributed by atoms with Gasteiger partial charge in [0.05, 0.1) is 13.2 Å². The number of para-hydroxylation sites is 1. The lowest BCUT2D eigenvalue weighted by molar-refractivity contribution is 0.402. The van der Waals surface area contributed by atoms with Crippen LogP contribution in [0, 0.1) is 13.8 Å². The molecule has 1 heterocycles. The number of fused-ring (bicyclic) bond motifs is 1. The summed E-state index contributed by atoms with van der Waals surface area (Å²) in [7, 11) is 1.77. The molecule has 1 unspecified atom stereocenters. The van der Waals surface area contributed by atoms with Crippen LogP contribution in [0.5, 0.6) is 5.75 Å². The van der Waals surface area contributed by atoms with Crippen LogP contribution in [0.1, 0.15) is 34.7 Å². The Kier molecular flexibility index (Phi) is 3.39. The van der Waals surface area contributed by atoms with Gasteiger partial charge < -0.3 is 10.1 Å². The van der Waals surface area contributed by atoms with Crippen LogP contribution in [0.2, 0.25) is 0 Å². The van der Waals surface area contributed by atoms with Gasteiger partial charge in [0.15, 0.2) is 0 Å². The fraction of sp³-hybridized carbons (Fsp3) is 0.333. The molecule has 0 radical (unpaired) electrons. The molecule has 2 aromatic carbocycles. The van der Waals surface area contributed by atoms with Gasteiger partial charge in [-0.25, -0.2) is 0 Å². The number of hydrogen-bond acceptors (Lipinski definition) is 2. The van der Waals surface area contributed by atoms with Gasteiger partial charge in [-0.2, -0.15) is 0 Å². The maximum Gasteiger partial charge on any atom is 0.127 e. The zero-order chi connectivity index (χ0) is 14.1. The van der Waals surface area contributed by atoms with E-state index >= 15 is 0 Å². The van der Waals surface area contributed by atoms with E-state index in [0.717, 1.165) is 18.6 Å². The Bertz CT molecular complexity index is 633. The number of nitrogens with one attached hydrogen (secondary N) is 1. The molecule has 3 rings (SSSR count). The highest BCUT2D eigenvalue weighted by Gasteiger charge is 2.22. The molecule has 0 saturated heterocycles. The topological polar surface area (TPSA) is 21.3 Å². The van der Waals surface area contributed by atoms with Gasteiger partial charge in [-0.1, -0.05) is 30.3 Å². The summed E-state index contributed by atoms with van der Waals surface area (Å²) in [4.78, 5) is 0. The molecule has 0 spiro atoms. The van der Waals surface area contributed by atoms with E-state index in [9.17, 15) is 0 Å². The maximum atomic E-state index is 5.66. The molecular formula is C18H21NO. The predicted octanol–water partition coefficient (Wildman–Crippen LogP) is 4.41. The molecule has 0 fully saturated rings. The molecule has 1 aliphatic heterocycles. The second kappa shape index (κ2) is 5.20. The molecule has 0 bridgehead atoms. The smallest absolute Gasteiger partial charge is 0.127 e. The Morgan fingerprint density at radius 1 is 1.10 bits per heavy atom. The fourth-order valence-corrected chi connectivity index (χ4v) is 3.03. The molecule has 0 aliphatic carbocycles. The largest absolute Gasteiger partial charge is 0.496 e. The molecule has 2 heteroatoms. The lowest BCUT2D eigenvalue weighted by Crippen LogP contribution is -2.19. The van der Waals surface area contributed by atoms with E-state index in [0.29, 0.717) is 6.04 Å². The van der Waals surface area contributed by atoms with Crippen molar-refractivity contribution < 1.29 is 4.74 Å². The molecular weight excluding hydrogens is 246 g/mol. The highest BCUT2D eigenvalue weighted by molar-refractivity contribution is 5.57. The molecule has 0 aromatic heterocycles. The van der Waals surface area contributed by atoms with Crippen molar-refractivity contribution in [2.45, 2.75) is 32.7 Å². The van der Waals surface area contributed by atoms with Crippen molar-refractivity contribution in [2.24, 2.45) is 0 Å². The number of anilines is 1. The summed E-state index contributed by atoms with van der Waals surface area (Å²) in [6.07, 6.45) is 2.22. The number of methoxy groups -OCH3 is 1. The maximum absolute atomic E-state index is 5.66. The summed E-state index contributed by atoms with van der Waals surface area (Å²) in [5.41, 5.74) is 6.45. The monoisotopic (exact) mass is 267 g/mol. The molecule has 1 atom stereocenters. The van der Waals surface area contributed by atoms with Gasteiger partial charge in [0.2, 0.25) is 0 Å². The SMILES string of the molecule is COc1c(C2CCc3ccccc3N2)ccc(C)c1C. The lowest BCUT2D eigenvalue weighted by Gasteiger charge is -2.29. The first-order valence-corrected chi connectivity index (χ1v) is 7.19. The van der Waals surface area contributed by atoms with Crippen molar-refractivity contribution in [1.82, 2.24) is 0 Å². The van der Waals surface area contributed by atoms with E-state index in [4.69, 9.17) is 4.74 Å². The van der Waals surface area contributed by atoms with E-state index in [1.54, 1.807) is 7.11 Å². The highest BCUT2D eigenvalue weighted by atomic mass is 16.5. The third-order valence-electron chi connectivity index (χ3n) is 4.34. The van der Waals surface area contributed by atoms with Gasteiger partial charge >= 0.3 is 0 Å². The van der Waals surface area contributed by atoms with Crippen LogP contribution >= 0.6 is 0 Å². The van der Waals surface area contributed by atoms with Crippen molar-refractivity contribution in [3.8, 4) is 5.75 Å². The molecule has 104 valence electrons. The summed E-state index contributed by atoms with van der Waals surface area (Å²) in [5.74, 6) is 1.03. The van der Waals surface area contributed by atoms with Crippen molar-refractivity contribution in [1.29, 1.82) is 0 Å². The zero-order valence-corrected chi connectivity index (χ0v) is 12.4. The van der Waals surface area contributed by atoms with Gasteiger partial charge in [0.25, 0.3) is 0 Å². The predicted molar refractivity (Wildman–Crippen MR) is 83.6 cm³/mol. The number of rotatable bonds is 2. The van der Waals surface area contributed by atoms with Crippen LogP contribution in [-0.4, -0.2) is 7.11 Å². The Balaban J connectivity index is 1.98. The van der Waals surface area contributed by atoms with Crippen LogP contribution in [0.15, 0.2) is 36.4 Å². The number of hydrogen-bond donors (Lipinski definition) is 1. The Hall–Kier alpha value is -1.96.